The van der Waals surface area contributed by atoms with E-state index in [-0.39, 0.29) is 5.38 Å². The minimum Gasteiger partial charge on any atom is -0.493 e. The van der Waals surface area contributed by atoms with E-state index in [4.69, 9.17) is 21.1 Å². The zero-order chi connectivity index (χ0) is 13.5. The van der Waals surface area contributed by atoms with Crippen LogP contribution >= 0.6 is 11.6 Å². The number of nitrogens with zero attached hydrogens (tertiary/aromatic N) is 1. The smallest absolute Gasteiger partial charge is 0.183 e. The van der Waals surface area contributed by atoms with Crippen molar-refractivity contribution >= 4 is 11.6 Å². The molecule has 1 aromatic rings. The van der Waals surface area contributed by atoms with Gasteiger partial charge in [0.25, 0.3) is 0 Å². The van der Waals surface area contributed by atoms with E-state index in [1.165, 1.54) is 0 Å². The van der Waals surface area contributed by atoms with Crippen molar-refractivity contribution in [2.45, 2.75) is 38.2 Å². The minimum absolute atomic E-state index is 0.160. The minimum atomic E-state index is 0.160. The topological polar surface area (TPSA) is 43.4 Å². The van der Waals surface area contributed by atoms with Gasteiger partial charge in [-0.1, -0.05) is 0 Å². The van der Waals surface area contributed by atoms with Gasteiger partial charge in [0.1, 0.15) is 0 Å². The van der Waals surface area contributed by atoms with Crippen LogP contribution in [0.15, 0.2) is 12.3 Å². The number of aromatic nitrogens is 1. The predicted molar refractivity (Wildman–Crippen MR) is 73.6 cm³/mol. The molecule has 0 aliphatic heterocycles. The average Bonchev–Trinajstić information content (AvgIpc) is 2.34. The summed E-state index contributed by atoms with van der Waals surface area (Å²) in [5.74, 6) is 1.38. The van der Waals surface area contributed by atoms with Gasteiger partial charge in [0.05, 0.1) is 19.9 Å². The molecule has 4 nitrogen and oxygen atoms in total. The Morgan fingerprint density at radius 2 is 2.06 bits per heavy atom. The van der Waals surface area contributed by atoms with Gasteiger partial charge >= 0.3 is 0 Å². The first-order valence-corrected chi connectivity index (χ1v) is 6.45. The zero-order valence-corrected chi connectivity index (χ0v) is 12.1. The zero-order valence-electron chi connectivity index (χ0n) is 11.4. The summed E-state index contributed by atoms with van der Waals surface area (Å²) in [7, 11) is 3.24. The molecular weight excluding hydrogens is 252 g/mol. The molecule has 5 heteroatoms. The van der Waals surface area contributed by atoms with E-state index in [0.717, 1.165) is 12.1 Å². The van der Waals surface area contributed by atoms with Gasteiger partial charge in [-0.25, -0.2) is 0 Å². The molecule has 0 aromatic carbocycles. The van der Waals surface area contributed by atoms with Crippen LogP contribution < -0.4 is 14.8 Å². The van der Waals surface area contributed by atoms with E-state index in [2.05, 4.69) is 17.2 Å². The Kier molecular flexibility index (Phi) is 6.22. The third kappa shape index (κ3) is 4.35. The number of rotatable bonds is 7. The molecule has 2 atom stereocenters. The third-order valence-electron chi connectivity index (χ3n) is 2.66. The van der Waals surface area contributed by atoms with Gasteiger partial charge in [-0.2, -0.15) is 0 Å². The Morgan fingerprint density at radius 3 is 2.61 bits per heavy atom. The lowest BCUT2D eigenvalue weighted by atomic mass is 10.2. The average molecular weight is 273 g/mol. The summed E-state index contributed by atoms with van der Waals surface area (Å²) >= 11 is 5.96. The van der Waals surface area contributed by atoms with Crippen molar-refractivity contribution in [3.05, 3.63) is 18.0 Å². The molecule has 2 unspecified atom stereocenters. The first-order valence-electron chi connectivity index (χ1n) is 6.01. The molecule has 0 aliphatic rings. The fraction of sp³-hybridized carbons (Fsp3) is 0.615. The van der Waals surface area contributed by atoms with E-state index in [1.807, 2.05) is 6.92 Å². The van der Waals surface area contributed by atoms with Crippen molar-refractivity contribution in [2.75, 3.05) is 14.2 Å². The van der Waals surface area contributed by atoms with Crippen molar-refractivity contribution in [3.8, 4) is 11.5 Å². The number of pyridine rings is 1. The second-order valence-corrected chi connectivity index (χ2v) is 5.04. The van der Waals surface area contributed by atoms with Gasteiger partial charge in [0.2, 0.25) is 0 Å². The van der Waals surface area contributed by atoms with E-state index in [1.54, 1.807) is 26.5 Å². The summed E-state index contributed by atoms with van der Waals surface area (Å²) < 4.78 is 10.6. The first-order chi connectivity index (χ1) is 8.58. The highest BCUT2D eigenvalue weighted by Crippen LogP contribution is 2.28. The molecular formula is C13H21ClN2O2. The maximum Gasteiger partial charge on any atom is 0.183 e. The number of ether oxygens (including phenoxy) is 2. The molecule has 1 rings (SSSR count). The standard InChI is InChI=1S/C13H21ClN2O2/c1-9(14)7-10(2)16-8-11-13(18-4)12(17-3)5-6-15-11/h5-6,9-10,16H,7-8H2,1-4H3. The van der Waals surface area contributed by atoms with Crippen LogP contribution in [0.25, 0.3) is 0 Å². The van der Waals surface area contributed by atoms with Crippen molar-refractivity contribution in [1.29, 1.82) is 0 Å². The summed E-state index contributed by atoms with van der Waals surface area (Å²) in [6.45, 7) is 4.72. The number of hydrogen-bond acceptors (Lipinski definition) is 4. The first kappa shape index (κ1) is 15.1. The molecule has 1 N–H and O–H groups in total. The fourth-order valence-electron chi connectivity index (χ4n) is 1.82. The Morgan fingerprint density at radius 1 is 1.33 bits per heavy atom. The Labute approximate surface area is 114 Å². The lowest BCUT2D eigenvalue weighted by molar-refractivity contribution is 0.347. The second-order valence-electron chi connectivity index (χ2n) is 4.29. The van der Waals surface area contributed by atoms with Gasteiger partial charge in [0.15, 0.2) is 11.5 Å². The van der Waals surface area contributed by atoms with Crippen LogP contribution in [0.5, 0.6) is 11.5 Å². The van der Waals surface area contributed by atoms with Crippen LogP contribution in [-0.4, -0.2) is 30.6 Å². The van der Waals surface area contributed by atoms with Crippen LogP contribution in [-0.2, 0) is 6.54 Å². The van der Waals surface area contributed by atoms with Gasteiger partial charge in [-0.05, 0) is 20.3 Å². The Balaban J connectivity index is 2.67. The third-order valence-corrected chi connectivity index (χ3v) is 2.84. The van der Waals surface area contributed by atoms with E-state index in [0.29, 0.717) is 24.1 Å². The van der Waals surface area contributed by atoms with Crippen LogP contribution in [0.1, 0.15) is 26.0 Å². The van der Waals surface area contributed by atoms with Crippen molar-refractivity contribution in [3.63, 3.8) is 0 Å². The lowest BCUT2D eigenvalue weighted by Crippen LogP contribution is -2.28. The van der Waals surface area contributed by atoms with Gasteiger partial charge in [-0.15, -0.1) is 11.6 Å². The van der Waals surface area contributed by atoms with Crippen LogP contribution in [0.4, 0.5) is 0 Å². The predicted octanol–water partition coefficient (Wildman–Crippen LogP) is 2.59. The second kappa shape index (κ2) is 7.44. The molecule has 0 bridgehead atoms. The molecule has 18 heavy (non-hydrogen) atoms. The van der Waals surface area contributed by atoms with Gasteiger partial charge in [-0.3, -0.25) is 4.98 Å². The quantitative estimate of drug-likeness (QED) is 0.775. The fourth-order valence-corrected chi connectivity index (χ4v) is 2.09. The highest BCUT2D eigenvalue weighted by molar-refractivity contribution is 6.20. The number of methoxy groups -OCH3 is 2. The number of halogens is 1. The molecule has 1 heterocycles. The van der Waals surface area contributed by atoms with Crippen LogP contribution in [0.2, 0.25) is 0 Å². The summed E-state index contributed by atoms with van der Waals surface area (Å²) in [6.07, 6.45) is 2.63. The molecule has 0 amide bonds. The molecule has 0 spiro atoms. The lowest BCUT2D eigenvalue weighted by Gasteiger charge is -2.16. The molecule has 0 fully saturated rings. The molecule has 102 valence electrons. The van der Waals surface area contributed by atoms with Crippen molar-refractivity contribution in [2.24, 2.45) is 0 Å². The summed E-state index contributed by atoms with van der Waals surface area (Å²) in [6, 6.07) is 2.11. The molecule has 0 radical (unpaired) electrons. The van der Waals surface area contributed by atoms with Crippen molar-refractivity contribution in [1.82, 2.24) is 10.3 Å². The number of hydrogen-bond donors (Lipinski definition) is 1. The van der Waals surface area contributed by atoms with Gasteiger partial charge < -0.3 is 14.8 Å². The Bertz CT molecular complexity index is 372. The molecule has 0 saturated heterocycles. The van der Waals surface area contributed by atoms with Gasteiger partial charge in [0, 0.05) is 30.2 Å². The largest absolute Gasteiger partial charge is 0.493 e. The van der Waals surface area contributed by atoms with E-state index < -0.39 is 0 Å². The number of alkyl halides is 1. The Hall–Kier alpha value is -1.00. The van der Waals surface area contributed by atoms with Crippen LogP contribution in [0.3, 0.4) is 0 Å². The van der Waals surface area contributed by atoms with Crippen molar-refractivity contribution < 1.29 is 9.47 Å². The molecule has 1 aromatic heterocycles. The van der Waals surface area contributed by atoms with Crippen LogP contribution in [0, 0.1) is 0 Å². The number of nitrogens with one attached hydrogen (secondary N) is 1. The van der Waals surface area contributed by atoms with E-state index in [9.17, 15) is 0 Å². The summed E-state index contributed by atoms with van der Waals surface area (Å²) in [5.41, 5.74) is 0.839. The summed E-state index contributed by atoms with van der Waals surface area (Å²) in [4.78, 5) is 4.31. The highest BCUT2D eigenvalue weighted by Gasteiger charge is 2.12. The molecule has 0 aliphatic carbocycles. The molecule has 0 saturated carbocycles. The highest BCUT2D eigenvalue weighted by atomic mass is 35.5. The maximum absolute atomic E-state index is 5.96. The maximum atomic E-state index is 5.96. The SMILES string of the molecule is COc1ccnc(CNC(C)CC(C)Cl)c1OC. The summed E-state index contributed by atoms with van der Waals surface area (Å²) in [5, 5.41) is 3.53. The normalized spacial score (nSPS) is 14.1. The monoisotopic (exact) mass is 272 g/mol. The van der Waals surface area contributed by atoms with E-state index >= 15 is 0 Å².